The Labute approximate surface area is 118 Å². The summed E-state index contributed by atoms with van der Waals surface area (Å²) in [5, 5.41) is 8.80. The number of hydrogen-bond acceptors (Lipinski definition) is 5. The molecule has 3 rings (SSSR count). The quantitative estimate of drug-likeness (QED) is 0.890. The Morgan fingerprint density at radius 2 is 2.15 bits per heavy atom. The molecule has 6 nitrogen and oxygen atoms in total. The summed E-state index contributed by atoms with van der Waals surface area (Å²) in [6.07, 6.45) is 8.01. The maximum Gasteiger partial charge on any atom is 0.163 e. The van der Waals surface area contributed by atoms with Crippen LogP contribution in [-0.2, 0) is 7.05 Å². The van der Waals surface area contributed by atoms with Crippen molar-refractivity contribution in [2.75, 3.05) is 11.9 Å². The van der Waals surface area contributed by atoms with Gasteiger partial charge in [-0.1, -0.05) is 6.92 Å². The summed E-state index contributed by atoms with van der Waals surface area (Å²) in [5.74, 6) is 1.64. The molecule has 1 saturated carbocycles. The van der Waals surface area contributed by atoms with Crippen molar-refractivity contribution in [1.82, 2.24) is 19.7 Å². The van der Waals surface area contributed by atoms with Crippen LogP contribution in [0.15, 0.2) is 12.5 Å². The minimum Gasteiger partial charge on any atom is -0.363 e. The molecule has 0 bridgehead atoms. The Balaban J connectivity index is 1.91. The van der Waals surface area contributed by atoms with Crippen LogP contribution in [0.5, 0.6) is 0 Å². The molecule has 20 heavy (non-hydrogen) atoms. The number of nitrogens with one attached hydrogen (secondary N) is 1. The van der Waals surface area contributed by atoms with E-state index in [1.807, 2.05) is 13.2 Å². The van der Waals surface area contributed by atoms with Crippen molar-refractivity contribution in [2.45, 2.75) is 38.1 Å². The first-order valence-electron chi connectivity index (χ1n) is 7.24. The van der Waals surface area contributed by atoms with Gasteiger partial charge in [-0.25, -0.2) is 9.97 Å². The minimum absolute atomic E-state index is 0.0381. The first kappa shape index (κ1) is 13.3. The smallest absolute Gasteiger partial charge is 0.163 e. The van der Waals surface area contributed by atoms with Crippen molar-refractivity contribution in [3.63, 3.8) is 0 Å². The van der Waals surface area contributed by atoms with Crippen LogP contribution in [0.3, 0.4) is 0 Å². The van der Waals surface area contributed by atoms with E-state index in [2.05, 4.69) is 27.3 Å². The number of nitrogens with two attached hydrogens (primary N) is 1. The van der Waals surface area contributed by atoms with Crippen molar-refractivity contribution in [3.8, 4) is 0 Å². The Bertz CT molecular complexity index is 597. The number of aromatic nitrogens is 4. The van der Waals surface area contributed by atoms with E-state index in [0.29, 0.717) is 6.54 Å². The van der Waals surface area contributed by atoms with Gasteiger partial charge < -0.3 is 11.1 Å². The van der Waals surface area contributed by atoms with Crippen LogP contribution in [0.2, 0.25) is 0 Å². The molecular formula is C14H22N6. The van der Waals surface area contributed by atoms with Gasteiger partial charge in [0.15, 0.2) is 5.65 Å². The molecule has 3 N–H and O–H groups in total. The molecule has 0 amide bonds. The lowest BCUT2D eigenvalue weighted by molar-refractivity contribution is 0.271. The van der Waals surface area contributed by atoms with Crippen LogP contribution >= 0.6 is 0 Å². The molecule has 6 heteroatoms. The summed E-state index contributed by atoms with van der Waals surface area (Å²) < 4.78 is 1.76. The van der Waals surface area contributed by atoms with Gasteiger partial charge in [0.2, 0.25) is 0 Å². The Hall–Kier alpha value is -1.69. The predicted molar refractivity (Wildman–Crippen MR) is 79.3 cm³/mol. The third-order valence-corrected chi connectivity index (χ3v) is 4.54. The van der Waals surface area contributed by atoms with Crippen molar-refractivity contribution in [1.29, 1.82) is 0 Å². The maximum absolute atomic E-state index is 6.05. The van der Waals surface area contributed by atoms with Gasteiger partial charge in [0.05, 0.1) is 17.1 Å². The lowest BCUT2D eigenvalue weighted by Crippen LogP contribution is -2.48. The van der Waals surface area contributed by atoms with E-state index in [0.717, 1.165) is 35.6 Å². The van der Waals surface area contributed by atoms with E-state index < -0.39 is 0 Å². The lowest BCUT2D eigenvalue weighted by atomic mass is 9.77. The summed E-state index contributed by atoms with van der Waals surface area (Å²) in [4.78, 5) is 8.67. The van der Waals surface area contributed by atoms with Gasteiger partial charge in [0.1, 0.15) is 12.1 Å². The molecular weight excluding hydrogens is 252 g/mol. The topological polar surface area (TPSA) is 81.7 Å². The van der Waals surface area contributed by atoms with E-state index >= 15 is 0 Å². The van der Waals surface area contributed by atoms with Gasteiger partial charge in [-0.3, -0.25) is 4.68 Å². The maximum atomic E-state index is 6.05. The van der Waals surface area contributed by atoms with Crippen LogP contribution in [-0.4, -0.2) is 31.8 Å². The van der Waals surface area contributed by atoms with E-state index in [1.165, 1.54) is 12.8 Å². The second kappa shape index (κ2) is 5.01. The average Bonchev–Trinajstić information content (AvgIpc) is 2.85. The van der Waals surface area contributed by atoms with E-state index in [-0.39, 0.29) is 5.54 Å². The number of aryl methyl sites for hydroxylation is 1. The first-order valence-corrected chi connectivity index (χ1v) is 7.24. The zero-order valence-corrected chi connectivity index (χ0v) is 12.1. The van der Waals surface area contributed by atoms with Crippen LogP contribution < -0.4 is 11.1 Å². The fourth-order valence-corrected chi connectivity index (χ4v) is 3.01. The zero-order chi connectivity index (χ0) is 14.2. The number of nitrogens with zero attached hydrogens (tertiary/aromatic N) is 4. The highest BCUT2D eigenvalue weighted by molar-refractivity contribution is 5.86. The SMILES string of the molecule is CC1CCC(CN)(Nc2ncnc3c2cnn3C)CC1. The molecule has 108 valence electrons. The Kier molecular flexibility index (Phi) is 3.33. The summed E-state index contributed by atoms with van der Waals surface area (Å²) in [5.41, 5.74) is 6.86. The van der Waals surface area contributed by atoms with E-state index in [4.69, 9.17) is 5.73 Å². The van der Waals surface area contributed by atoms with Crippen molar-refractivity contribution < 1.29 is 0 Å². The number of rotatable bonds is 3. The molecule has 1 aliphatic rings. The van der Waals surface area contributed by atoms with Gasteiger partial charge >= 0.3 is 0 Å². The van der Waals surface area contributed by atoms with Gasteiger partial charge in [-0.2, -0.15) is 5.10 Å². The highest BCUT2D eigenvalue weighted by atomic mass is 15.3. The van der Waals surface area contributed by atoms with Gasteiger partial charge in [-0.05, 0) is 31.6 Å². The summed E-state index contributed by atoms with van der Waals surface area (Å²) >= 11 is 0. The second-order valence-corrected chi connectivity index (χ2v) is 6.02. The normalized spacial score (nSPS) is 26.9. The van der Waals surface area contributed by atoms with E-state index in [1.54, 1.807) is 11.0 Å². The molecule has 2 heterocycles. The molecule has 1 aliphatic carbocycles. The lowest BCUT2D eigenvalue weighted by Gasteiger charge is -2.39. The minimum atomic E-state index is -0.0381. The van der Waals surface area contributed by atoms with Crippen LogP contribution in [0.4, 0.5) is 5.82 Å². The number of fused-ring (bicyclic) bond motifs is 1. The van der Waals surface area contributed by atoms with Crippen LogP contribution in [0.25, 0.3) is 11.0 Å². The molecule has 2 aromatic heterocycles. The number of hydrogen-bond donors (Lipinski definition) is 2. The third kappa shape index (κ3) is 2.24. The highest BCUT2D eigenvalue weighted by Gasteiger charge is 2.33. The van der Waals surface area contributed by atoms with Crippen molar-refractivity contribution in [2.24, 2.45) is 18.7 Å². The second-order valence-electron chi connectivity index (χ2n) is 6.02. The Morgan fingerprint density at radius 1 is 1.40 bits per heavy atom. The van der Waals surface area contributed by atoms with E-state index in [9.17, 15) is 0 Å². The zero-order valence-electron chi connectivity index (χ0n) is 12.1. The summed E-state index contributed by atoms with van der Waals surface area (Å²) in [6.45, 7) is 2.94. The molecule has 0 aliphatic heterocycles. The standard InChI is InChI=1S/C14H22N6/c1-10-3-5-14(8-15,6-4-10)19-12-11-7-18-20(2)13(11)17-9-16-12/h7,9-10H,3-6,8,15H2,1-2H3,(H,16,17,19). The van der Waals surface area contributed by atoms with Gasteiger partial charge in [-0.15, -0.1) is 0 Å². The van der Waals surface area contributed by atoms with Gasteiger partial charge in [0.25, 0.3) is 0 Å². The van der Waals surface area contributed by atoms with Crippen molar-refractivity contribution in [3.05, 3.63) is 12.5 Å². The third-order valence-electron chi connectivity index (χ3n) is 4.54. The molecule has 0 atom stereocenters. The Morgan fingerprint density at radius 3 is 2.85 bits per heavy atom. The van der Waals surface area contributed by atoms with Crippen LogP contribution in [0, 0.1) is 5.92 Å². The van der Waals surface area contributed by atoms with Crippen molar-refractivity contribution >= 4 is 16.9 Å². The first-order chi connectivity index (χ1) is 9.63. The molecule has 0 spiro atoms. The summed E-state index contributed by atoms with van der Waals surface area (Å²) in [6, 6.07) is 0. The highest BCUT2D eigenvalue weighted by Crippen LogP contribution is 2.34. The van der Waals surface area contributed by atoms with Crippen LogP contribution in [0.1, 0.15) is 32.6 Å². The summed E-state index contributed by atoms with van der Waals surface area (Å²) in [7, 11) is 1.89. The molecule has 1 fully saturated rings. The molecule has 0 radical (unpaired) electrons. The van der Waals surface area contributed by atoms with Gasteiger partial charge in [0, 0.05) is 13.6 Å². The fourth-order valence-electron chi connectivity index (χ4n) is 3.01. The average molecular weight is 274 g/mol. The fraction of sp³-hybridized carbons (Fsp3) is 0.643. The molecule has 0 saturated heterocycles. The molecule has 2 aromatic rings. The molecule has 0 unspecified atom stereocenters. The number of anilines is 1. The largest absolute Gasteiger partial charge is 0.363 e. The predicted octanol–water partition coefficient (Wildman–Crippen LogP) is 1.68. The monoisotopic (exact) mass is 274 g/mol. The molecule has 0 aromatic carbocycles.